The van der Waals surface area contributed by atoms with Crippen molar-refractivity contribution in [1.82, 2.24) is 19.4 Å². The van der Waals surface area contributed by atoms with Crippen molar-refractivity contribution in [3.05, 3.63) is 54.2 Å². The first kappa shape index (κ1) is 18.6. The third-order valence-corrected chi connectivity index (χ3v) is 6.83. The normalized spacial score (nSPS) is 27.3. The second kappa shape index (κ2) is 7.11. The van der Waals surface area contributed by atoms with Crippen molar-refractivity contribution >= 4 is 10.9 Å². The van der Waals surface area contributed by atoms with Crippen LogP contribution in [-0.4, -0.2) is 44.7 Å². The Labute approximate surface area is 171 Å². The largest absolute Gasteiger partial charge is 0.497 e. The molecule has 1 aliphatic carbocycles. The molecule has 152 valence electrons. The minimum absolute atomic E-state index is 0.209. The molecule has 0 amide bonds. The Hall–Kier alpha value is -2.44. The first-order valence-corrected chi connectivity index (χ1v) is 10.4. The van der Waals surface area contributed by atoms with Crippen molar-refractivity contribution in [2.24, 2.45) is 18.9 Å². The fraction of sp³-hybridized carbons (Fsp3) is 0.478. The van der Waals surface area contributed by atoms with Crippen LogP contribution in [0, 0.1) is 11.8 Å². The number of rotatable bonds is 4. The number of aryl methyl sites for hydroxylation is 1. The maximum atomic E-state index is 11.7. The number of hydrogen-bond donors (Lipinski definition) is 1. The third kappa shape index (κ3) is 3.11. The first-order valence-electron chi connectivity index (χ1n) is 10.4. The van der Waals surface area contributed by atoms with Gasteiger partial charge in [0.2, 0.25) is 0 Å². The Bertz CT molecular complexity index is 1020. The van der Waals surface area contributed by atoms with Crippen LogP contribution in [-0.2, 0) is 19.2 Å². The summed E-state index contributed by atoms with van der Waals surface area (Å²) in [6.07, 6.45) is 7.00. The minimum atomic E-state index is -0.819. The van der Waals surface area contributed by atoms with Crippen molar-refractivity contribution < 1.29 is 9.84 Å². The maximum Gasteiger partial charge on any atom is 0.141 e. The maximum absolute atomic E-state index is 11.7. The van der Waals surface area contributed by atoms with Gasteiger partial charge in [-0.2, -0.15) is 0 Å². The smallest absolute Gasteiger partial charge is 0.141 e. The van der Waals surface area contributed by atoms with Gasteiger partial charge in [-0.05, 0) is 37.1 Å². The number of benzene rings is 1. The molecular weight excluding hydrogens is 364 g/mol. The lowest BCUT2D eigenvalue weighted by Gasteiger charge is -2.52. The molecule has 3 aromatic rings. The zero-order valence-electron chi connectivity index (χ0n) is 17.1. The second-order valence-electron chi connectivity index (χ2n) is 8.57. The molecule has 29 heavy (non-hydrogen) atoms. The van der Waals surface area contributed by atoms with Crippen LogP contribution in [0.25, 0.3) is 10.9 Å². The van der Waals surface area contributed by atoms with E-state index >= 15 is 0 Å². The molecular formula is C23H28N4O2. The van der Waals surface area contributed by atoms with Gasteiger partial charge in [0.05, 0.1) is 18.3 Å². The van der Waals surface area contributed by atoms with Crippen molar-refractivity contribution in [2.45, 2.75) is 31.4 Å². The molecule has 2 aromatic heterocycles. The Morgan fingerprint density at radius 3 is 2.66 bits per heavy atom. The van der Waals surface area contributed by atoms with Gasteiger partial charge in [0.25, 0.3) is 0 Å². The monoisotopic (exact) mass is 392 g/mol. The fourth-order valence-corrected chi connectivity index (χ4v) is 5.38. The fourth-order valence-electron chi connectivity index (χ4n) is 5.38. The van der Waals surface area contributed by atoms with E-state index in [1.54, 1.807) is 13.3 Å². The van der Waals surface area contributed by atoms with E-state index < -0.39 is 5.60 Å². The van der Waals surface area contributed by atoms with Crippen LogP contribution >= 0.6 is 0 Å². The number of likely N-dealkylation sites (tertiary alicyclic amines) is 1. The van der Waals surface area contributed by atoms with Crippen LogP contribution in [0.4, 0.5) is 0 Å². The summed E-state index contributed by atoms with van der Waals surface area (Å²) < 4.78 is 7.29. The molecule has 0 spiro atoms. The van der Waals surface area contributed by atoms with Gasteiger partial charge < -0.3 is 14.4 Å². The van der Waals surface area contributed by atoms with Gasteiger partial charge in [-0.3, -0.25) is 9.88 Å². The van der Waals surface area contributed by atoms with Gasteiger partial charge in [0.1, 0.15) is 17.2 Å². The Kier molecular flexibility index (Phi) is 4.56. The molecule has 0 radical (unpaired) electrons. The zero-order chi connectivity index (χ0) is 20.0. The van der Waals surface area contributed by atoms with Crippen LogP contribution in [0.2, 0.25) is 0 Å². The Morgan fingerprint density at radius 2 is 1.97 bits per heavy atom. The van der Waals surface area contributed by atoms with Gasteiger partial charge in [-0.1, -0.05) is 12.5 Å². The molecule has 6 heteroatoms. The summed E-state index contributed by atoms with van der Waals surface area (Å²) in [5.74, 6) is 2.09. The summed E-state index contributed by atoms with van der Waals surface area (Å²) in [4.78, 5) is 11.8. The number of aromatic nitrogens is 3. The SMILES string of the molecule is COc1ccc2nc(CN3C[C@H]4CCC[C@H](C3)C4(O)c3nccn3C)ccc2c1. The highest BCUT2D eigenvalue weighted by Crippen LogP contribution is 2.48. The van der Waals surface area contributed by atoms with E-state index in [4.69, 9.17) is 9.72 Å². The number of methoxy groups -OCH3 is 1. The molecule has 0 unspecified atom stereocenters. The number of pyridine rings is 1. The predicted molar refractivity (Wildman–Crippen MR) is 112 cm³/mol. The number of ether oxygens (including phenoxy) is 1. The summed E-state index contributed by atoms with van der Waals surface area (Å²) >= 11 is 0. The number of aliphatic hydroxyl groups is 1. The molecule has 1 N–H and O–H groups in total. The molecule has 2 bridgehead atoms. The number of fused-ring (bicyclic) bond motifs is 3. The van der Waals surface area contributed by atoms with E-state index in [1.807, 2.05) is 36.0 Å². The predicted octanol–water partition coefficient (Wildman–Crippen LogP) is 3.10. The molecule has 1 saturated carbocycles. The average Bonchev–Trinajstić information content (AvgIpc) is 3.15. The van der Waals surface area contributed by atoms with Crippen molar-refractivity contribution in [1.29, 1.82) is 0 Å². The average molecular weight is 393 g/mol. The highest BCUT2D eigenvalue weighted by atomic mass is 16.5. The standard InChI is InChI=1S/C23H28N4O2/c1-26-11-10-24-22(26)23(28)17-4-3-5-18(23)14-27(13-17)15-19-7-6-16-12-20(29-2)8-9-21(16)25-19/h6-12,17-18,28H,3-5,13-15H2,1-2H3/t17-,18-/m1/s1. The van der Waals surface area contributed by atoms with E-state index in [2.05, 4.69) is 22.0 Å². The molecule has 1 aromatic carbocycles. The van der Waals surface area contributed by atoms with Crippen molar-refractivity contribution in [2.75, 3.05) is 20.2 Å². The molecule has 2 atom stereocenters. The Balaban J connectivity index is 1.38. The second-order valence-corrected chi connectivity index (χ2v) is 8.57. The first-order chi connectivity index (χ1) is 14.1. The van der Waals surface area contributed by atoms with Crippen LogP contribution in [0.5, 0.6) is 5.75 Å². The number of nitrogens with zero attached hydrogens (tertiary/aromatic N) is 4. The summed E-state index contributed by atoms with van der Waals surface area (Å²) in [6.45, 7) is 2.57. The summed E-state index contributed by atoms with van der Waals surface area (Å²) in [7, 11) is 3.67. The molecule has 1 aliphatic heterocycles. The lowest BCUT2D eigenvalue weighted by molar-refractivity contribution is -0.155. The van der Waals surface area contributed by atoms with E-state index in [9.17, 15) is 5.11 Å². The van der Waals surface area contributed by atoms with E-state index in [0.717, 1.165) is 60.6 Å². The quantitative estimate of drug-likeness (QED) is 0.739. The molecule has 1 saturated heterocycles. The zero-order valence-corrected chi connectivity index (χ0v) is 17.1. The molecule has 6 nitrogen and oxygen atoms in total. The molecule has 2 fully saturated rings. The number of hydrogen-bond acceptors (Lipinski definition) is 5. The highest BCUT2D eigenvalue weighted by Gasteiger charge is 2.53. The molecule has 2 aliphatic rings. The Morgan fingerprint density at radius 1 is 1.17 bits per heavy atom. The number of imidazole rings is 1. The van der Waals surface area contributed by atoms with Gasteiger partial charge in [-0.15, -0.1) is 0 Å². The van der Waals surface area contributed by atoms with Crippen molar-refractivity contribution in [3.63, 3.8) is 0 Å². The summed E-state index contributed by atoms with van der Waals surface area (Å²) in [5.41, 5.74) is 1.24. The molecule has 3 heterocycles. The van der Waals surface area contributed by atoms with Crippen LogP contribution in [0.3, 0.4) is 0 Å². The van der Waals surface area contributed by atoms with Crippen LogP contribution in [0.15, 0.2) is 42.7 Å². The third-order valence-electron chi connectivity index (χ3n) is 6.83. The highest BCUT2D eigenvalue weighted by molar-refractivity contribution is 5.80. The molecule has 5 rings (SSSR count). The van der Waals surface area contributed by atoms with E-state index in [1.165, 1.54) is 6.42 Å². The van der Waals surface area contributed by atoms with Gasteiger partial charge in [0.15, 0.2) is 0 Å². The topological polar surface area (TPSA) is 63.4 Å². The minimum Gasteiger partial charge on any atom is -0.497 e. The lowest BCUT2D eigenvalue weighted by Crippen LogP contribution is -2.58. The van der Waals surface area contributed by atoms with E-state index in [0.29, 0.717) is 0 Å². The van der Waals surface area contributed by atoms with Gasteiger partial charge in [0, 0.05) is 56.3 Å². The van der Waals surface area contributed by atoms with Gasteiger partial charge in [-0.25, -0.2) is 4.98 Å². The van der Waals surface area contributed by atoms with Gasteiger partial charge >= 0.3 is 0 Å². The number of piperidine rings is 1. The summed E-state index contributed by atoms with van der Waals surface area (Å²) in [5, 5.41) is 12.8. The van der Waals surface area contributed by atoms with E-state index in [-0.39, 0.29) is 11.8 Å². The van der Waals surface area contributed by atoms with Crippen LogP contribution in [0.1, 0.15) is 30.8 Å². The van der Waals surface area contributed by atoms with Crippen LogP contribution < -0.4 is 4.74 Å². The van der Waals surface area contributed by atoms with Crippen molar-refractivity contribution in [3.8, 4) is 5.75 Å². The summed E-state index contributed by atoms with van der Waals surface area (Å²) in [6, 6.07) is 10.2. The lowest BCUT2D eigenvalue weighted by atomic mass is 9.65.